The number of furan rings is 1. The largest absolute Gasteiger partial charge is 0.451 e. The number of hydrogen-bond donors (Lipinski definition) is 0. The van der Waals surface area contributed by atoms with Gasteiger partial charge in [-0.15, -0.1) is 0 Å². The number of rotatable bonds is 4. The molecule has 6 nitrogen and oxygen atoms in total. The Morgan fingerprint density at radius 3 is 2.57 bits per heavy atom. The van der Waals surface area contributed by atoms with Gasteiger partial charge in [0.25, 0.3) is 5.91 Å². The Morgan fingerprint density at radius 1 is 1.00 bits per heavy atom. The summed E-state index contributed by atoms with van der Waals surface area (Å²) in [6.45, 7) is 3.60. The first-order valence-corrected chi connectivity index (χ1v) is 9.96. The van der Waals surface area contributed by atoms with Crippen LogP contribution in [0.25, 0.3) is 17.0 Å². The van der Waals surface area contributed by atoms with Gasteiger partial charge in [-0.2, -0.15) is 0 Å². The SMILES string of the molecule is O=C(c1ccc(-c2ccc(F)cc2)o1)N1CCN(Cc2cn3ccccc3n2)CC1. The van der Waals surface area contributed by atoms with Gasteiger partial charge in [0.05, 0.1) is 5.69 Å². The maximum absolute atomic E-state index is 13.1. The van der Waals surface area contributed by atoms with E-state index in [-0.39, 0.29) is 11.7 Å². The molecular weight excluding hydrogens is 383 g/mol. The average molecular weight is 404 g/mol. The molecule has 1 saturated heterocycles. The Balaban J connectivity index is 1.20. The zero-order valence-corrected chi connectivity index (χ0v) is 16.4. The van der Waals surface area contributed by atoms with Gasteiger partial charge in [-0.3, -0.25) is 9.69 Å². The number of amides is 1. The molecule has 0 aliphatic carbocycles. The molecule has 0 unspecified atom stereocenters. The van der Waals surface area contributed by atoms with Crippen molar-refractivity contribution in [2.24, 2.45) is 0 Å². The molecule has 3 aromatic heterocycles. The standard InChI is InChI=1S/C23H21FN4O2/c24-18-6-4-17(5-7-18)20-8-9-21(30-20)23(29)27-13-11-26(12-14-27)15-19-16-28-10-2-1-3-22(28)25-19/h1-10,16H,11-15H2. The zero-order chi connectivity index (χ0) is 20.5. The molecule has 152 valence electrons. The van der Waals surface area contributed by atoms with Crippen molar-refractivity contribution in [3.8, 4) is 11.3 Å². The summed E-state index contributed by atoms with van der Waals surface area (Å²) < 4.78 is 20.9. The third-order valence-electron chi connectivity index (χ3n) is 5.40. The van der Waals surface area contributed by atoms with Crippen molar-refractivity contribution in [3.63, 3.8) is 0 Å². The number of pyridine rings is 1. The number of benzene rings is 1. The van der Waals surface area contributed by atoms with Crippen molar-refractivity contribution in [3.05, 3.63) is 84.3 Å². The molecule has 1 aromatic carbocycles. The zero-order valence-electron chi connectivity index (χ0n) is 16.4. The molecule has 5 rings (SSSR count). The normalized spacial score (nSPS) is 15.0. The fraction of sp³-hybridized carbons (Fsp3) is 0.217. The Kier molecular flexibility index (Phi) is 4.80. The van der Waals surface area contributed by atoms with Crippen LogP contribution in [0.5, 0.6) is 0 Å². The Labute approximate surface area is 173 Å². The molecule has 0 spiro atoms. The summed E-state index contributed by atoms with van der Waals surface area (Å²) in [5, 5.41) is 0. The summed E-state index contributed by atoms with van der Waals surface area (Å²) in [5.74, 6) is 0.450. The molecule has 0 saturated carbocycles. The van der Waals surface area contributed by atoms with Crippen molar-refractivity contribution < 1.29 is 13.6 Å². The van der Waals surface area contributed by atoms with E-state index in [1.807, 2.05) is 39.9 Å². The van der Waals surface area contributed by atoms with Crippen LogP contribution in [0.1, 0.15) is 16.2 Å². The summed E-state index contributed by atoms with van der Waals surface area (Å²) in [7, 11) is 0. The first-order chi connectivity index (χ1) is 14.7. The van der Waals surface area contributed by atoms with E-state index < -0.39 is 0 Å². The van der Waals surface area contributed by atoms with Crippen LogP contribution in [0.15, 0.2) is 71.4 Å². The highest BCUT2D eigenvalue weighted by Gasteiger charge is 2.25. The van der Waals surface area contributed by atoms with Crippen molar-refractivity contribution in [1.29, 1.82) is 0 Å². The fourth-order valence-electron chi connectivity index (χ4n) is 3.78. The van der Waals surface area contributed by atoms with Gasteiger partial charge in [0.15, 0.2) is 5.76 Å². The molecule has 1 fully saturated rings. The smallest absolute Gasteiger partial charge is 0.289 e. The highest BCUT2D eigenvalue weighted by atomic mass is 19.1. The molecule has 0 bridgehead atoms. The first kappa shape index (κ1) is 18.6. The van der Waals surface area contributed by atoms with E-state index in [0.29, 0.717) is 24.6 Å². The first-order valence-electron chi connectivity index (χ1n) is 9.96. The number of imidazole rings is 1. The number of halogens is 1. The highest BCUT2D eigenvalue weighted by Crippen LogP contribution is 2.23. The molecular formula is C23H21FN4O2. The van der Waals surface area contributed by atoms with Gasteiger partial charge in [0, 0.05) is 50.7 Å². The van der Waals surface area contributed by atoms with E-state index in [2.05, 4.69) is 9.88 Å². The molecule has 1 amide bonds. The number of nitrogens with zero attached hydrogens (tertiary/aromatic N) is 4. The van der Waals surface area contributed by atoms with Gasteiger partial charge in [-0.1, -0.05) is 6.07 Å². The number of carbonyl (C=O) groups is 1. The van der Waals surface area contributed by atoms with E-state index in [0.717, 1.165) is 36.5 Å². The van der Waals surface area contributed by atoms with Crippen molar-refractivity contribution in [2.75, 3.05) is 26.2 Å². The number of fused-ring (bicyclic) bond motifs is 1. The second-order valence-corrected chi connectivity index (χ2v) is 7.44. The molecule has 1 aliphatic rings. The van der Waals surface area contributed by atoms with E-state index in [1.54, 1.807) is 24.3 Å². The number of carbonyl (C=O) groups excluding carboxylic acids is 1. The number of piperazine rings is 1. The summed E-state index contributed by atoms with van der Waals surface area (Å²) in [6.07, 6.45) is 4.04. The van der Waals surface area contributed by atoms with Gasteiger partial charge in [-0.25, -0.2) is 9.37 Å². The third-order valence-corrected chi connectivity index (χ3v) is 5.40. The van der Waals surface area contributed by atoms with Crippen LogP contribution >= 0.6 is 0 Å². The van der Waals surface area contributed by atoms with Crippen LogP contribution in [0.3, 0.4) is 0 Å². The minimum Gasteiger partial charge on any atom is -0.451 e. The molecule has 4 heterocycles. The van der Waals surface area contributed by atoms with E-state index in [1.165, 1.54) is 12.1 Å². The molecule has 4 aromatic rings. The third kappa shape index (κ3) is 3.71. The van der Waals surface area contributed by atoms with E-state index in [9.17, 15) is 9.18 Å². The van der Waals surface area contributed by atoms with Crippen LogP contribution in [-0.2, 0) is 6.54 Å². The van der Waals surface area contributed by atoms with Gasteiger partial charge in [0.2, 0.25) is 0 Å². The number of hydrogen-bond acceptors (Lipinski definition) is 4. The summed E-state index contributed by atoms with van der Waals surface area (Å²) in [4.78, 5) is 21.6. The van der Waals surface area contributed by atoms with Crippen molar-refractivity contribution in [1.82, 2.24) is 19.2 Å². The highest BCUT2D eigenvalue weighted by molar-refractivity contribution is 5.92. The topological polar surface area (TPSA) is 54.0 Å². The Morgan fingerprint density at radius 2 is 1.80 bits per heavy atom. The lowest BCUT2D eigenvalue weighted by Gasteiger charge is -2.33. The quantitative estimate of drug-likeness (QED) is 0.521. The van der Waals surface area contributed by atoms with Gasteiger partial charge in [0.1, 0.15) is 17.2 Å². The van der Waals surface area contributed by atoms with Crippen LogP contribution in [0.4, 0.5) is 4.39 Å². The molecule has 0 N–H and O–H groups in total. The second kappa shape index (κ2) is 7.76. The van der Waals surface area contributed by atoms with Gasteiger partial charge in [-0.05, 0) is 48.5 Å². The van der Waals surface area contributed by atoms with Crippen LogP contribution in [0, 0.1) is 5.82 Å². The van der Waals surface area contributed by atoms with Crippen molar-refractivity contribution in [2.45, 2.75) is 6.54 Å². The van der Waals surface area contributed by atoms with Crippen LogP contribution < -0.4 is 0 Å². The predicted octanol–water partition coefficient (Wildman–Crippen LogP) is 3.69. The Bertz CT molecular complexity index is 1140. The lowest BCUT2D eigenvalue weighted by molar-refractivity contribution is 0.0597. The van der Waals surface area contributed by atoms with Gasteiger partial charge >= 0.3 is 0 Å². The monoisotopic (exact) mass is 404 g/mol. The van der Waals surface area contributed by atoms with Crippen LogP contribution in [0.2, 0.25) is 0 Å². The van der Waals surface area contributed by atoms with Crippen molar-refractivity contribution >= 4 is 11.6 Å². The molecule has 7 heteroatoms. The molecule has 0 atom stereocenters. The van der Waals surface area contributed by atoms with E-state index >= 15 is 0 Å². The lowest BCUT2D eigenvalue weighted by atomic mass is 10.2. The maximum atomic E-state index is 13.1. The second-order valence-electron chi connectivity index (χ2n) is 7.44. The molecule has 0 radical (unpaired) electrons. The fourth-order valence-corrected chi connectivity index (χ4v) is 3.78. The van der Waals surface area contributed by atoms with E-state index in [4.69, 9.17) is 4.42 Å². The minimum absolute atomic E-state index is 0.115. The summed E-state index contributed by atoms with van der Waals surface area (Å²) >= 11 is 0. The number of aromatic nitrogens is 2. The Hall–Kier alpha value is -3.45. The van der Waals surface area contributed by atoms with Crippen LogP contribution in [-0.4, -0.2) is 51.3 Å². The minimum atomic E-state index is -0.303. The predicted molar refractivity (Wildman–Crippen MR) is 110 cm³/mol. The summed E-state index contributed by atoms with van der Waals surface area (Å²) in [5.41, 5.74) is 2.71. The average Bonchev–Trinajstić information content (AvgIpc) is 3.41. The van der Waals surface area contributed by atoms with Gasteiger partial charge < -0.3 is 13.7 Å². The lowest BCUT2D eigenvalue weighted by Crippen LogP contribution is -2.48. The molecule has 1 aliphatic heterocycles. The summed E-state index contributed by atoms with van der Waals surface area (Å²) in [6, 6.07) is 15.4. The maximum Gasteiger partial charge on any atom is 0.289 e. The molecule has 30 heavy (non-hydrogen) atoms.